The van der Waals surface area contributed by atoms with Crippen molar-refractivity contribution in [2.24, 2.45) is 5.73 Å². The summed E-state index contributed by atoms with van der Waals surface area (Å²) in [7, 11) is 0. The van der Waals surface area contributed by atoms with Gasteiger partial charge in [-0.25, -0.2) is 0 Å². The molecule has 0 aromatic carbocycles. The van der Waals surface area contributed by atoms with E-state index in [1.807, 2.05) is 0 Å². The molecule has 5 N–H and O–H groups in total. The lowest BCUT2D eigenvalue weighted by Crippen LogP contribution is -2.57. The highest BCUT2D eigenvalue weighted by atomic mass is 16.5. The molecule has 0 aliphatic carbocycles. The van der Waals surface area contributed by atoms with Gasteiger partial charge >= 0.3 is 0 Å². The van der Waals surface area contributed by atoms with Crippen molar-refractivity contribution in [3.63, 3.8) is 0 Å². The van der Waals surface area contributed by atoms with Gasteiger partial charge in [-0.2, -0.15) is 0 Å². The van der Waals surface area contributed by atoms with Gasteiger partial charge < -0.3 is 25.8 Å². The van der Waals surface area contributed by atoms with Crippen LogP contribution in [0.1, 0.15) is 0 Å². The van der Waals surface area contributed by atoms with Crippen LogP contribution in [0.25, 0.3) is 0 Å². The van der Waals surface area contributed by atoms with Crippen molar-refractivity contribution < 1.29 is 20.1 Å². The molecule has 1 saturated heterocycles. The molecule has 2 unspecified atom stereocenters. The highest BCUT2D eigenvalue weighted by Gasteiger charge is 2.35. The van der Waals surface area contributed by atoms with Gasteiger partial charge in [0.1, 0.15) is 12.2 Å². The normalized spacial score (nSPS) is 45.8. The minimum absolute atomic E-state index is 0.170. The molecule has 0 saturated carbocycles. The molecule has 1 rings (SSSR count). The lowest BCUT2D eigenvalue weighted by molar-refractivity contribution is -0.156. The van der Waals surface area contributed by atoms with E-state index in [9.17, 15) is 10.2 Å². The third kappa shape index (κ3) is 1.69. The van der Waals surface area contributed by atoms with Gasteiger partial charge in [0.15, 0.2) is 0 Å². The van der Waals surface area contributed by atoms with E-state index in [0.717, 1.165) is 0 Å². The predicted molar refractivity (Wildman–Crippen MR) is 36.8 cm³/mol. The summed E-state index contributed by atoms with van der Waals surface area (Å²) < 4.78 is 4.94. The van der Waals surface area contributed by atoms with Gasteiger partial charge in [-0.3, -0.25) is 0 Å². The molecular weight excluding hydrogens is 150 g/mol. The lowest BCUT2D eigenvalue weighted by atomic mass is 9.99. The summed E-state index contributed by atoms with van der Waals surface area (Å²) in [6.45, 7) is -0.131. The molecule has 1 heterocycles. The fourth-order valence-electron chi connectivity index (χ4n) is 1.07. The molecule has 1 aliphatic rings. The van der Waals surface area contributed by atoms with Crippen LogP contribution in [-0.4, -0.2) is 52.9 Å². The molecule has 4 atom stereocenters. The highest BCUT2D eigenvalue weighted by Crippen LogP contribution is 2.13. The van der Waals surface area contributed by atoms with E-state index in [4.69, 9.17) is 15.6 Å². The molecule has 5 heteroatoms. The van der Waals surface area contributed by atoms with Gasteiger partial charge in [-0.1, -0.05) is 0 Å². The smallest absolute Gasteiger partial charge is 0.110 e. The van der Waals surface area contributed by atoms with E-state index >= 15 is 0 Å². The molecule has 0 aromatic rings. The number of aliphatic hydroxyl groups excluding tert-OH is 3. The first-order valence-electron chi connectivity index (χ1n) is 3.51. The summed E-state index contributed by atoms with van der Waals surface area (Å²) in [4.78, 5) is 0. The van der Waals surface area contributed by atoms with Gasteiger partial charge in [0.05, 0.1) is 25.4 Å². The molecule has 5 nitrogen and oxygen atoms in total. The largest absolute Gasteiger partial charge is 0.394 e. The third-order valence-electron chi connectivity index (χ3n) is 1.85. The fraction of sp³-hybridized carbons (Fsp3) is 1.00. The molecule has 66 valence electrons. The maximum absolute atomic E-state index is 9.19. The zero-order valence-electron chi connectivity index (χ0n) is 6.05. The second kappa shape index (κ2) is 3.46. The Balaban J connectivity index is 2.52. The van der Waals surface area contributed by atoms with Gasteiger partial charge in [-0.05, 0) is 0 Å². The van der Waals surface area contributed by atoms with Crippen LogP contribution in [0, 0.1) is 0 Å². The van der Waals surface area contributed by atoms with Crippen LogP contribution >= 0.6 is 0 Å². The van der Waals surface area contributed by atoms with Crippen molar-refractivity contribution >= 4 is 0 Å². The van der Waals surface area contributed by atoms with E-state index in [1.165, 1.54) is 0 Å². The zero-order valence-corrected chi connectivity index (χ0v) is 6.05. The quantitative estimate of drug-likeness (QED) is 0.340. The van der Waals surface area contributed by atoms with Crippen molar-refractivity contribution in [1.29, 1.82) is 0 Å². The average Bonchev–Trinajstić information content (AvgIpc) is 2.01. The summed E-state index contributed by atoms with van der Waals surface area (Å²) >= 11 is 0. The molecule has 0 amide bonds. The molecule has 0 spiro atoms. The van der Waals surface area contributed by atoms with Gasteiger partial charge in [0, 0.05) is 0 Å². The summed E-state index contributed by atoms with van der Waals surface area (Å²) in [5, 5.41) is 27.0. The molecule has 0 radical (unpaired) electrons. The van der Waals surface area contributed by atoms with Crippen LogP contribution in [0.15, 0.2) is 0 Å². The SMILES string of the molecule is N[C@H]1COC(CO)[C@@H](O)C1O. The second-order valence-corrected chi connectivity index (χ2v) is 2.70. The van der Waals surface area contributed by atoms with Crippen LogP contribution in [0.3, 0.4) is 0 Å². The maximum atomic E-state index is 9.19. The van der Waals surface area contributed by atoms with Crippen molar-refractivity contribution in [2.45, 2.75) is 24.4 Å². The van der Waals surface area contributed by atoms with E-state index in [1.54, 1.807) is 0 Å². The number of rotatable bonds is 1. The van der Waals surface area contributed by atoms with Crippen molar-refractivity contribution in [2.75, 3.05) is 13.2 Å². The Morgan fingerprint density at radius 2 is 2.00 bits per heavy atom. The molecule has 11 heavy (non-hydrogen) atoms. The van der Waals surface area contributed by atoms with Gasteiger partial charge in [-0.15, -0.1) is 0 Å². The Labute approximate surface area is 64.4 Å². The minimum atomic E-state index is -1.08. The molecule has 1 aliphatic heterocycles. The van der Waals surface area contributed by atoms with Gasteiger partial charge in [0.2, 0.25) is 0 Å². The summed E-state index contributed by atoms with van der Waals surface area (Å²) in [6.07, 6.45) is -2.78. The van der Waals surface area contributed by atoms with Crippen LogP contribution in [0.4, 0.5) is 0 Å². The molecule has 1 fully saturated rings. The first-order valence-corrected chi connectivity index (χ1v) is 3.51. The second-order valence-electron chi connectivity index (χ2n) is 2.70. The number of nitrogens with two attached hydrogens (primary N) is 1. The van der Waals surface area contributed by atoms with E-state index in [-0.39, 0.29) is 13.2 Å². The van der Waals surface area contributed by atoms with Crippen LogP contribution in [0.2, 0.25) is 0 Å². The Bertz CT molecular complexity index is 130. The highest BCUT2D eigenvalue weighted by molar-refractivity contribution is 4.88. The third-order valence-corrected chi connectivity index (χ3v) is 1.85. The van der Waals surface area contributed by atoms with Crippen LogP contribution < -0.4 is 5.73 Å². The summed E-state index contributed by atoms with van der Waals surface area (Å²) in [5.74, 6) is 0. The van der Waals surface area contributed by atoms with Crippen molar-refractivity contribution in [1.82, 2.24) is 0 Å². The topological polar surface area (TPSA) is 95.9 Å². The number of hydrogen-bond acceptors (Lipinski definition) is 5. The van der Waals surface area contributed by atoms with Gasteiger partial charge in [0.25, 0.3) is 0 Å². The first kappa shape index (κ1) is 8.89. The number of hydrogen-bond donors (Lipinski definition) is 4. The monoisotopic (exact) mass is 163 g/mol. The van der Waals surface area contributed by atoms with E-state index in [2.05, 4.69) is 0 Å². The average molecular weight is 163 g/mol. The standard InChI is InChI=1S/C6H13NO4/c7-3-2-11-4(1-8)6(10)5(3)9/h3-6,8-10H,1-2,7H2/t3-,4?,5?,6+/m0/s1. The minimum Gasteiger partial charge on any atom is -0.394 e. The molecular formula is C6H13NO4. The molecule has 0 bridgehead atoms. The fourth-order valence-corrected chi connectivity index (χ4v) is 1.07. The van der Waals surface area contributed by atoms with E-state index < -0.39 is 24.4 Å². The molecule has 0 aromatic heterocycles. The van der Waals surface area contributed by atoms with E-state index in [0.29, 0.717) is 0 Å². The summed E-state index contributed by atoms with van der Waals surface area (Å²) in [6, 6.07) is -0.562. The first-order chi connectivity index (χ1) is 5.16. The summed E-state index contributed by atoms with van der Waals surface area (Å²) in [5.41, 5.74) is 5.37. The maximum Gasteiger partial charge on any atom is 0.110 e. The Hall–Kier alpha value is -0.200. The zero-order chi connectivity index (χ0) is 8.43. The Morgan fingerprint density at radius 1 is 1.36 bits per heavy atom. The van der Waals surface area contributed by atoms with Crippen molar-refractivity contribution in [3.05, 3.63) is 0 Å². The number of aliphatic hydroxyl groups is 3. The lowest BCUT2D eigenvalue weighted by Gasteiger charge is -2.34. The van der Waals surface area contributed by atoms with Crippen molar-refractivity contribution in [3.8, 4) is 0 Å². The Kier molecular flexibility index (Phi) is 2.80. The predicted octanol–water partition coefficient (Wildman–Crippen LogP) is -2.57. The van der Waals surface area contributed by atoms with Crippen LogP contribution in [-0.2, 0) is 4.74 Å². The Morgan fingerprint density at radius 3 is 2.55 bits per heavy atom. The van der Waals surface area contributed by atoms with Crippen LogP contribution in [0.5, 0.6) is 0 Å². The number of ether oxygens (including phenoxy) is 1.